The Labute approximate surface area is 246 Å². The van der Waals surface area contributed by atoms with Gasteiger partial charge in [-0.2, -0.15) is 5.10 Å². The van der Waals surface area contributed by atoms with Crippen LogP contribution in [-0.2, 0) is 0 Å². The van der Waals surface area contributed by atoms with Crippen LogP contribution in [0.4, 0.5) is 28.6 Å². The number of para-hydroxylation sites is 3. The van der Waals surface area contributed by atoms with E-state index in [4.69, 9.17) is 26.7 Å². The monoisotopic (exact) mass is 573 g/mol. The molecule has 42 heavy (non-hydrogen) atoms. The third-order valence-corrected chi connectivity index (χ3v) is 7.88. The Morgan fingerprint density at radius 2 is 1.69 bits per heavy atom. The van der Waals surface area contributed by atoms with Crippen LogP contribution in [0.15, 0.2) is 107 Å². The van der Waals surface area contributed by atoms with Gasteiger partial charge in [-0.05, 0) is 61.4 Å². The van der Waals surface area contributed by atoms with Crippen molar-refractivity contribution in [3.63, 3.8) is 0 Å². The molecule has 1 aromatic heterocycles. The molecule has 0 radical (unpaired) electrons. The lowest BCUT2D eigenvalue weighted by atomic mass is 9.93. The number of aryl methyl sites for hydroxylation is 2. The minimum Gasteiger partial charge on any atom is -0.337 e. The Bertz CT molecular complexity index is 1950. The smallest absolute Gasteiger partial charge is 0.269 e. The quantitative estimate of drug-likeness (QED) is 0.174. The zero-order valence-corrected chi connectivity index (χ0v) is 23.4. The minimum absolute atomic E-state index is 0.0119. The zero-order valence-electron chi connectivity index (χ0n) is 22.7. The van der Waals surface area contributed by atoms with Gasteiger partial charge in [-0.3, -0.25) is 10.1 Å². The van der Waals surface area contributed by atoms with Crippen molar-refractivity contribution in [3.05, 3.63) is 135 Å². The summed E-state index contributed by atoms with van der Waals surface area (Å²) in [7, 11) is 0. The van der Waals surface area contributed by atoms with Gasteiger partial charge in [-0.1, -0.05) is 60.1 Å². The Morgan fingerprint density at radius 3 is 2.48 bits per heavy atom. The average molecular weight is 574 g/mol. The Hall–Kier alpha value is -5.28. The standard InChI is InChI=1S/C32H24ClN7O2/c1-19-15-16-22(18-25(19)33)34-30-32-36-31-28(20(2)37-39(31)23-10-4-3-5-11-23)29(21-9-8-12-24(17-21)40(41)42)38(32)27-14-7-6-13-26(27)35-30/h3-18,29H,1-2H3,(H,34,35). The second kappa shape index (κ2) is 9.97. The molecule has 3 heterocycles. The molecule has 2 aliphatic rings. The highest BCUT2D eigenvalue weighted by atomic mass is 35.5. The molecule has 7 rings (SSSR count). The number of aromatic nitrogens is 2. The zero-order chi connectivity index (χ0) is 29.0. The number of hydrogen-bond acceptors (Lipinski definition) is 7. The van der Waals surface area contributed by atoms with Crippen LogP contribution in [0.3, 0.4) is 0 Å². The average Bonchev–Trinajstić information content (AvgIpc) is 3.34. The van der Waals surface area contributed by atoms with E-state index in [0.29, 0.717) is 22.5 Å². The van der Waals surface area contributed by atoms with Gasteiger partial charge >= 0.3 is 0 Å². The molecule has 1 N–H and O–H groups in total. The SMILES string of the molecule is Cc1ccc(NC2=Nc3ccccc3N3C2=Nc2c(c(C)nn2-c2ccccc2)C3c2cccc([N+](=O)[O-])c2)cc1Cl. The summed E-state index contributed by atoms with van der Waals surface area (Å²) in [5, 5.41) is 20.8. The summed E-state index contributed by atoms with van der Waals surface area (Å²) in [5.74, 6) is 1.72. The van der Waals surface area contributed by atoms with Gasteiger partial charge in [0.05, 0.1) is 33.7 Å². The van der Waals surface area contributed by atoms with Gasteiger partial charge in [0.1, 0.15) is 0 Å². The maximum atomic E-state index is 11.8. The highest BCUT2D eigenvalue weighted by Gasteiger charge is 2.41. The number of nitrogens with one attached hydrogen (secondary N) is 1. The molecule has 0 bridgehead atoms. The van der Waals surface area contributed by atoms with Crippen LogP contribution in [0.1, 0.15) is 28.4 Å². The van der Waals surface area contributed by atoms with Crippen molar-refractivity contribution in [1.29, 1.82) is 0 Å². The van der Waals surface area contributed by atoms with Gasteiger partial charge in [0.25, 0.3) is 5.69 Å². The maximum Gasteiger partial charge on any atom is 0.269 e. The van der Waals surface area contributed by atoms with Crippen LogP contribution >= 0.6 is 11.6 Å². The first-order valence-electron chi connectivity index (χ1n) is 13.4. The minimum atomic E-state index is -0.472. The summed E-state index contributed by atoms with van der Waals surface area (Å²) in [6.07, 6.45) is 0. The van der Waals surface area contributed by atoms with E-state index in [1.165, 1.54) is 6.07 Å². The molecule has 10 heteroatoms. The summed E-state index contributed by atoms with van der Waals surface area (Å²) in [4.78, 5) is 23.7. The van der Waals surface area contributed by atoms with E-state index in [-0.39, 0.29) is 10.6 Å². The van der Waals surface area contributed by atoms with Crippen LogP contribution in [-0.4, -0.2) is 26.4 Å². The summed E-state index contributed by atoms with van der Waals surface area (Å²) < 4.78 is 1.82. The van der Waals surface area contributed by atoms with Crippen LogP contribution in [0, 0.1) is 24.0 Å². The first-order chi connectivity index (χ1) is 20.4. The fraction of sp³-hybridized carbons (Fsp3) is 0.0938. The molecule has 0 aliphatic carbocycles. The van der Waals surface area contributed by atoms with Crippen molar-refractivity contribution in [3.8, 4) is 5.69 Å². The van der Waals surface area contributed by atoms with Crippen LogP contribution in [0.25, 0.3) is 5.69 Å². The number of rotatable bonds is 4. The number of hydrogen-bond donors (Lipinski definition) is 1. The molecule has 0 saturated heterocycles. The number of aliphatic imine (C=N–C) groups is 2. The number of non-ortho nitro benzene ring substituents is 1. The predicted octanol–water partition coefficient (Wildman–Crippen LogP) is 7.85. The molecule has 0 fully saturated rings. The molecule has 2 aliphatic heterocycles. The number of nitrogens with zero attached hydrogens (tertiary/aromatic N) is 6. The van der Waals surface area contributed by atoms with Gasteiger partial charge in [0.15, 0.2) is 17.5 Å². The first-order valence-corrected chi connectivity index (χ1v) is 13.8. The molecule has 0 amide bonds. The predicted molar refractivity (Wildman–Crippen MR) is 166 cm³/mol. The van der Waals surface area contributed by atoms with E-state index in [0.717, 1.165) is 45.1 Å². The number of nitro benzene ring substituents is 1. The van der Waals surface area contributed by atoms with E-state index < -0.39 is 6.04 Å². The highest BCUT2D eigenvalue weighted by molar-refractivity contribution is 6.51. The lowest BCUT2D eigenvalue weighted by Crippen LogP contribution is -2.46. The van der Waals surface area contributed by atoms with Gasteiger partial charge in [0, 0.05) is 28.4 Å². The van der Waals surface area contributed by atoms with Crippen molar-refractivity contribution in [1.82, 2.24) is 9.78 Å². The van der Waals surface area contributed by atoms with Crippen molar-refractivity contribution >= 4 is 51.8 Å². The number of halogens is 1. The van der Waals surface area contributed by atoms with E-state index >= 15 is 0 Å². The lowest BCUT2D eigenvalue weighted by molar-refractivity contribution is -0.384. The molecule has 0 saturated carbocycles. The normalized spacial score (nSPS) is 15.2. The fourth-order valence-corrected chi connectivity index (χ4v) is 5.66. The van der Waals surface area contributed by atoms with E-state index in [2.05, 4.69) is 10.2 Å². The number of anilines is 2. The third-order valence-electron chi connectivity index (χ3n) is 7.47. The second-order valence-corrected chi connectivity index (χ2v) is 10.6. The molecular formula is C32H24ClN7O2. The number of fused-ring (bicyclic) bond motifs is 4. The molecule has 9 nitrogen and oxygen atoms in total. The van der Waals surface area contributed by atoms with Crippen LogP contribution in [0.2, 0.25) is 5.02 Å². The molecule has 206 valence electrons. The molecule has 5 aromatic rings. The highest BCUT2D eigenvalue weighted by Crippen LogP contribution is 2.48. The van der Waals surface area contributed by atoms with Crippen molar-refractivity contribution in [2.24, 2.45) is 9.98 Å². The number of benzene rings is 4. The van der Waals surface area contributed by atoms with Crippen LogP contribution < -0.4 is 10.2 Å². The van der Waals surface area contributed by atoms with Crippen molar-refractivity contribution < 1.29 is 4.92 Å². The van der Waals surface area contributed by atoms with E-state index in [9.17, 15) is 10.1 Å². The van der Waals surface area contributed by atoms with E-state index in [1.54, 1.807) is 12.1 Å². The Morgan fingerprint density at radius 1 is 0.905 bits per heavy atom. The molecule has 4 aromatic carbocycles. The Balaban J connectivity index is 1.50. The van der Waals surface area contributed by atoms with Gasteiger partial charge in [0.2, 0.25) is 0 Å². The number of nitro groups is 1. The van der Waals surface area contributed by atoms with Crippen molar-refractivity contribution in [2.45, 2.75) is 19.9 Å². The van der Waals surface area contributed by atoms with Crippen molar-refractivity contribution in [2.75, 3.05) is 10.2 Å². The van der Waals surface area contributed by atoms with Crippen LogP contribution in [0.5, 0.6) is 0 Å². The summed E-state index contributed by atoms with van der Waals surface area (Å²) in [6, 6.07) is 29.6. The summed E-state index contributed by atoms with van der Waals surface area (Å²) >= 11 is 6.46. The van der Waals surface area contributed by atoms with Gasteiger partial charge < -0.3 is 10.2 Å². The molecule has 1 atom stereocenters. The fourth-order valence-electron chi connectivity index (χ4n) is 5.48. The largest absolute Gasteiger partial charge is 0.337 e. The molecule has 1 unspecified atom stereocenters. The second-order valence-electron chi connectivity index (χ2n) is 10.2. The number of amidine groups is 2. The first kappa shape index (κ1) is 25.7. The third kappa shape index (κ3) is 4.22. The summed E-state index contributed by atoms with van der Waals surface area (Å²) in [6.45, 7) is 3.90. The van der Waals surface area contributed by atoms with E-state index in [1.807, 2.05) is 97.4 Å². The Kier molecular flexibility index (Phi) is 6.09. The molecule has 0 spiro atoms. The van der Waals surface area contributed by atoms with Gasteiger partial charge in [-0.15, -0.1) is 0 Å². The lowest BCUT2D eigenvalue weighted by Gasteiger charge is -2.40. The maximum absolute atomic E-state index is 11.8. The topological polar surface area (TPSA) is 101 Å². The molecular weight excluding hydrogens is 550 g/mol. The van der Waals surface area contributed by atoms with Gasteiger partial charge in [-0.25, -0.2) is 14.7 Å². The summed E-state index contributed by atoms with van der Waals surface area (Å²) in [5.41, 5.74) is 6.53.